The van der Waals surface area contributed by atoms with Crippen LogP contribution in [0.4, 0.5) is 0 Å². The number of halogens is 1. The fraction of sp³-hybridized carbons (Fsp3) is 0.208. The van der Waals surface area contributed by atoms with Gasteiger partial charge in [0, 0.05) is 28.4 Å². The van der Waals surface area contributed by atoms with Crippen LogP contribution >= 0.6 is 22.9 Å². The molecule has 0 saturated carbocycles. The third kappa shape index (κ3) is 7.25. The number of thiophene rings is 1. The molecule has 33 heavy (non-hydrogen) atoms. The first-order valence-electron chi connectivity index (χ1n) is 10.1. The van der Waals surface area contributed by atoms with Gasteiger partial charge in [0.2, 0.25) is 0 Å². The van der Waals surface area contributed by atoms with Gasteiger partial charge in [0.15, 0.2) is 0 Å². The average molecular weight is 505 g/mol. The van der Waals surface area contributed by atoms with Gasteiger partial charge in [-0.25, -0.2) is 13.2 Å². The molecule has 0 bridgehead atoms. The topological polar surface area (TPSA) is 86.7 Å². The van der Waals surface area contributed by atoms with Crippen LogP contribution in [0.3, 0.4) is 0 Å². The molecule has 0 aliphatic carbocycles. The molecule has 0 fully saturated rings. The van der Waals surface area contributed by atoms with Crippen LogP contribution in [0, 0.1) is 0 Å². The summed E-state index contributed by atoms with van der Waals surface area (Å²) in [7, 11) is -2.83. The number of esters is 1. The SMILES string of the molecule is COC(=O)[C@H](c1ccccc1Cl)N1CCc2sccc2C1.O=S(=O)([O-])C=Cc1ccccc1. The van der Waals surface area contributed by atoms with Crippen LogP contribution < -0.4 is 0 Å². The second-order valence-corrected chi connectivity index (χ2v) is 9.91. The zero-order valence-electron chi connectivity index (χ0n) is 17.9. The molecule has 1 aliphatic heterocycles. The Bertz CT molecular complexity index is 1210. The molecule has 0 saturated heterocycles. The van der Waals surface area contributed by atoms with E-state index in [-0.39, 0.29) is 5.97 Å². The molecule has 1 aromatic heterocycles. The number of hydrogen-bond acceptors (Lipinski definition) is 7. The highest BCUT2D eigenvalue weighted by atomic mass is 35.5. The zero-order valence-corrected chi connectivity index (χ0v) is 20.3. The summed E-state index contributed by atoms with van der Waals surface area (Å²) in [6.45, 7) is 1.59. The molecule has 0 unspecified atom stereocenters. The van der Waals surface area contributed by atoms with Crippen molar-refractivity contribution in [2.75, 3.05) is 13.7 Å². The predicted octanol–water partition coefficient (Wildman–Crippen LogP) is 4.88. The van der Waals surface area contributed by atoms with Gasteiger partial charge in [-0.15, -0.1) is 11.3 Å². The van der Waals surface area contributed by atoms with Gasteiger partial charge in [-0.2, -0.15) is 0 Å². The maximum Gasteiger partial charge on any atom is 0.327 e. The van der Waals surface area contributed by atoms with Crippen molar-refractivity contribution >= 4 is 45.1 Å². The van der Waals surface area contributed by atoms with Crippen molar-refractivity contribution in [3.8, 4) is 0 Å². The van der Waals surface area contributed by atoms with E-state index >= 15 is 0 Å². The number of benzene rings is 2. The van der Waals surface area contributed by atoms with Crippen molar-refractivity contribution in [1.29, 1.82) is 0 Å². The Kier molecular flexibility index (Phi) is 8.82. The van der Waals surface area contributed by atoms with E-state index in [0.29, 0.717) is 16.0 Å². The molecule has 3 aromatic rings. The molecular formula is C24H23ClNO5S2-. The minimum atomic E-state index is -4.25. The number of hydrogen-bond donors (Lipinski definition) is 0. The summed E-state index contributed by atoms with van der Waals surface area (Å²) in [6.07, 6.45) is 2.23. The summed E-state index contributed by atoms with van der Waals surface area (Å²) in [5.74, 6) is -0.262. The minimum absolute atomic E-state index is 0.262. The van der Waals surface area contributed by atoms with Gasteiger partial charge < -0.3 is 9.29 Å². The maximum absolute atomic E-state index is 12.3. The van der Waals surface area contributed by atoms with Crippen molar-refractivity contribution in [1.82, 2.24) is 4.90 Å². The van der Waals surface area contributed by atoms with Gasteiger partial charge in [0.25, 0.3) is 0 Å². The first-order chi connectivity index (χ1) is 15.8. The molecule has 174 valence electrons. The molecule has 4 rings (SSSR count). The van der Waals surface area contributed by atoms with Crippen LogP contribution in [0.15, 0.2) is 71.5 Å². The first kappa shape index (κ1) is 25.1. The van der Waals surface area contributed by atoms with Crippen LogP contribution in [0.25, 0.3) is 6.08 Å². The number of rotatable bonds is 5. The second-order valence-electron chi connectivity index (χ2n) is 7.24. The lowest BCUT2D eigenvalue weighted by Crippen LogP contribution is -2.38. The highest BCUT2D eigenvalue weighted by Crippen LogP contribution is 2.33. The van der Waals surface area contributed by atoms with Crippen molar-refractivity contribution in [2.24, 2.45) is 0 Å². The molecule has 2 aromatic carbocycles. The Morgan fingerprint density at radius 3 is 2.52 bits per heavy atom. The lowest BCUT2D eigenvalue weighted by molar-refractivity contribution is -0.147. The summed E-state index contributed by atoms with van der Waals surface area (Å²) in [6, 6.07) is 17.9. The van der Waals surface area contributed by atoms with E-state index in [1.54, 1.807) is 35.6 Å². The zero-order chi connectivity index (χ0) is 23.8. The molecule has 0 N–H and O–H groups in total. The fourth-order valence-electron chi connectivity index (χ4n) is 3.50. The summed E-state index contributed by atoms with van der Waals surface area (Å²) < 4.78 is 35.5. The van der Waals surface area contributed by atoms with Gasteiger partial charge in [-0.3, -0.25) is 4.90 Å². The Labute approximate surface area is 202 Å². The highest BCUT2D eigenvalue weighted by Gasteiger charge is 2.32. The van der Waals surface area contributed by atoms with Crippen molar-refractivity contribution in [2.45, 2.75) is 19.0 Å². The number of carbonyl (C=O) groups is 1. The fourth-order valence-corrected chi connectivity index (χ4v) is 4.95. The van der Waals surface area contributed by atoms with Crippen molar-refractivity contribution in [3.05, 3.63) is 98.0 Å². The van der Waals surface area contributed by atoms with E-state index in [1.165, 1.54) is 23.6 Å². The number of nitrogens with zero attached hydrogens (tertiary/aromatic N) is 1. The lowest BCUT2D eigenvalue weighted by Gasteiger charge is -2.33. The van der Waals surface area contributed by atoms with E-state index in [1.807, 2.05) is 30.3 Å². The average Bonchev–Trinajstić information content (AvgIpc) is 3.28. The van der Waals surface area contributed by atoms with Gasteiger partial charge in [-0.05, 0) is 46.7 Å². The number of ether oxygens (including phenoxy) is 1. The van der Waals surface area contributed by atoms with Gasteiger partial charge >= 0.3 is 5.97 Å². The van der Waals surface area contributed by atoms with Crippen LogP contribution in [-0.2, 0) is 32.6 Å². The molecule has 6 nitrogen and oxygen atoms in total. The lowest BCUT2D eigenvalue weighted by atomic mass is 10.0. The second kappa shape index (κ2) is 11.6. The Hall–Kier alpha value is -2.49. The Morgan fingerprint density at radius 2 is 1.85 bits per heavy atom. The van der Waals surface area contributed by atoms with Crippen LogP contribution in [0.5, 0.6) is 0 Å². The monoisotopic (exact) mass is 504 g/mol. The van der Waals surface area contributed by atoms with Crippen molar-refractivity contribution < 1.29 is 22.5 Å². The predicted molar refractivity (Wildman–Crippen MR) is 130 cm³/mol. The number of methoxy groups -OCH3 is 1. The highest BCUT2D eigenvalue weighted by molar-refractivity contribution is 7.88. The van der Waals surface area contributed by atoms with E-state index in [4.69, 9.17) is 16.3 Å². The summed E-state index contributed by atoms with van der Waals surface area (Å²) in [4.78, 5) is 15.8. The normalized spacial score (nSPS) is 14.8. The largest absolute Gasteiger partial charge is 0.744 e. The van der Waals surface area contributed by atoms with Crippen LogP contribution in [0.2, 0.25) is 5.02 Å². The molecule has 1 aliphatic rings. The molecule has 2 heterocycles. The molecule has 0 spiro atoms. The molecule has 1 atom stereocenters. The summed E-state index contributed by atoms with van der Waals surface area (Å²) >= 11 is 8.07. The third-order valence-electron chi connectivity index (χ3n) is 5.05. The first-order valence-corrected chi connectivity index (χ1v) is 12.8. The number of carbonyl (C=O) groups excluding carboxylic acids is 1. The van der Waals surface area contributed by atoms with Gasteiger partial charge in [0.1, 0.15) is 16.2 Å². The number of fused-ring (bicyclic) bond motifs is 1. The van der Waals surface area contributed by atoms with E-state index in [2.05, 4.69) is 16.3 Å². The van der Waals surface area contributed by atoms with Crippen LogP contribution in [0.1, 0.15) is 27.6 Å². The summed E-state index contributed by atoms with van der Waals surface area (Å²) in [5, 5.41) is 3.35. The van der Waals surface area contributed by atoms with E-state index in [9.17, 15) is 17.8 Å². The van der Waals surface area contributed by atoms with E-state index < -0.39 is 16.2 Å². The molecular weight excluding hydrogens is 482 g/mol. The van der Waals surface area contributed by atoms with Gasteiger partial charge in [-0.1, -0.05) is 60.1 Å². The van der Waals surface area contributed by atoms with Crippen molar-refractivity contribution in [3.63, 3.8) is 0 Å². The van der Waals surface area contributed by atoms with Gasteiger partial charge in [0.05, 0.1) is 7.11 Å². The van der Waals surface area contributed by atoms with E-state index in [0.717, 1.165) is 25.1 Å². The summed E-state index contributed by atoms with van der Waals surface area (Å²) in [5.41, 5.74) is 2.80. The standard InChI is InChI=1S/C16H16ClNO2S.C8H8O3S/c1-20-16(19)15(12-4-2-3-5-13(12)17)18-8-6-14-11(10-18)7-9-21-14;9-12(10,11)7-6-8-4-2-1-3-5-8/h2-5,7,9,15H,6,8,10H2,1H3;1-7H,(H,9,10,11)/p-1/t15-;/m0./s1. The Morgan fingerprint density at radius 1 is 1.15 bits per heavy atom. The smallest absolute Gasteiger partial charge is 0.327 e. The molecule has 0 amide bonds. The maximum atomic E-state index is 12.3. The molecule has 9 heteroatoms. The van der Waals surface area contributed by atoms with Crippen LogP contribution in [-0.4, -0.2) is 37.5 Å². The molecule has 0 radical (unpaired) electrons. The third-order valence-corrected chi connectivity index (χ3v) is 6.89. The Balaban J connectivity index is 0.000000218. The quantitative estimate of drug-likeness (QED) is 0.363. The minimum Gasteiger partial charge on any atom is -0.744 e.